The largest absolute Gasteiger partial charge is 0.469 e. The van der Waals surface area contributed by atoms with Crippen LogP contribution in [0.2, 0.25) is 0 Å². The summed E-state index contributed by atoms with van der Waals surface area (Å²) in [6, 6.07) is 0. The van der Waals surface area contributed by atoms with Gasteiger partial charge in [0.2, 0.25) is 0 Å². The van der Waals surface area contributed by atoms with Crippen LogP contribution in [-0.4, -0.2) is 13.1 Å². The molecule has 0 aliphatic heterocycles. The zero-order chi connectivity index (χ0) is 7.56. The van der Waals surface area contributed by atoms with E-state index in [4.69, 9.17) is 0 Å². The van der Waals surface area contributed by atoms with Gasteiger partial charge in [-0.3, -0.25) is 4.79 Å². The molecule has 0 radical (unpaired) electrons. The number of carbonyl (C=O) groups is 1. The highest BCUT2D eigenvalue weighted by Crippen LogP contribution is 2.31. The van der Waals surface area contributed by atoms with Gasteiger partial charge in [-0.2, -0.15) is 0 Å². The van der Waals surface area contributed by atoms with Gasteiger partial charge in [0.1, 0.15) is 0 Å². The lowest BCUT2D eigenvalue weighted by molar-refractivity contribution is -0.146. The number of ether oxygens (including phenoxy) is 1. The normalized spacial score (nSPS) is 32.2. The standard InChI is InChI=1S/C8H14O2/c1-6-4-3-5-7(6)8(9)10-2/h6-7H,3-5H2,1-2H3/t6-,7-/m0/s1. The predicted octanol–water partition coefficient (Wildman–Crippen LogP) is 1.60. The van der Waals surface area contributed by atoms with Crippen LogP contribution in [0.15, 0.2) is 0 Å². The number of hydrogen-bond donors (Lipinski definition) is 0. The van der Waals surface area contributed by atoms with Crippen molar-refractivity contribution < 1.29 is 9.53 Å². The first-order valence-corrected chi connectivity index (χ1v) is 3.83. The fourth-order valence-corrected chi connectivity index (χ4v) is 1.65. The van der Waals surface area contributed by atoms with Crippen molar-refractivity contribution in [3.05, 3.63) is 0 Å². The van der Waals surface area contributed by atoms with Gasteiger partial charge in [0, 0.05) is 0 Å². The molecule has 0 saturated heterocycles. The minimum Gasteiger partial charge on any atom is -0.469 e. The molecular weight excluding hydrogens is 128 g/mol. The summed E-state index contributed by atoms with van der Waals surface area (Å²) < 4.78 is 4.67. The summed E-state index contributed by atoms with van der Waals surface area (Å²) in [5.74, 6) is 0.697. The SMILES string of the molecule is COC(=O)[C@H]1CCC[C@@H]1C. The second-order valence-electron chi connectivity index (χ2n) is 3.04. The molecule has 0 amide bonds. The smallest absolute Gasteiger partial charge is 0.308 e. The van der Waals surface area contributed by atoms with E-state index >= 15 is 0 Å². The Morgan fingerprint density at radius 1 is 1.50 bits per heavy atom. The lowest BCUT2D eigenvalue weighted by Crippen LogP contribution is -2.17. The Bertz CT molecular complexity index is 131. The van der Waals surface area contributed by atoms with E-state index in [2.05, 4.69) is 11.7 Å². The number of carbonyl (C=O) groups excluding carboxylic acids is 1. The van der Waals surface area contributed by atoms with E-state index in [-0.39, 0.29) is 11.9 Å². The van der Waals surface area contributed by atoms with E-state index in [1.165, 1.54) is 20.0 Å². The summed E-state index contributed by atoms with van der Waals surface area (Å²) in [7, 11) is 1.47. The predicted molar refractivity (Wildman–Crippen MR) is 38.5 cm³/mol. The zero-order valence-corrected chi connectivity index (χ0v) is 6.59. The highest BCUT2D eigenvalue weighted by Gasteiger charge is 2.30. The number of hydrogen-bond acceptors (Lipinski definition) is 2. The Morgan fingerprint density at radius 3 is 2.60 bits per heavy atom. The van der Waals surface area contributed by atoms with Gasteiger partial charge < -0.3 is 4.74 Å². The van der Waals surface area contributed by atoms with Crippen LogP contribution in [0.5, 0.6) is 0 Å². The summed E-state index contributed by atoms with van der Waals surface area (Å²) in [6.07, 6.45) is 3.38. The van der Waals surface area contributed by atoms with Crippen LogP contribution in [-0.2, 0) is 9.53 Å². The molecule has 0 aromatic rings. The van der Waals surface area contributed by atoms with Crippen LogP contribution >= 0.6 is 0 Å². The molecule has 0 spiro atoms. The van der Waals surface area contributed by atoms with Gasteiger partial charge in [-0.05, 0) is 18.8 Å². The van der Waals surface area contributed by atoms with E-state index in [1.807, 2.05) is 0 Å². The molecule has 0 aromatic heterocycles. The average molecular weight is 142 g/mol. The van der Waals surface area contributed by atoms with Crippen LogP contribution < -0.4 is 0 Å². The first-order valence-electron chi connectivity index (χ1n) is 3.83. The fourth-order valence-electron chi connectivity index (χ4n) is 1.65. The molecule has 0 aromatic carbocycles. The number of methoxy groups -OCH3 is 1. The summed E-state index contributed by atoms with van der Waals surface area (Å²) >= 11 is 0. The maximum absolute atomic E-state index is 11.0. The van der Waals surface area contributed by atoms with Gasteiger partial charge in [0.25, 0.3) is 0 Å². The Balaban J connectivity index is 2.46. The molecule has 1 aliphatic carbocycles. The third-order valence-corrected chi connectivity index (χ3v) is 2.37. The van der Waals surface area contributed by atoms with Gasteiger partial charge in [-0.15, -0.1) is 0 Å². The van der Waals surface area contributed by atoms with Crippen LogP contribution in [0, 0.1) is 11.8 Å². The lowest BCUT2D eigenvalue weighted by Gasteiger charge is -2.11. The van der Waals surface area contributed by atoms with Crippen LogP contribution in [0.4, 0.5) is 0 Å². The van der Waals surface area contributed by atoms with Gasteiger partial charge in [-0.25, -0.2) is 0 Å². The monoisotopic (exact) mass is 142 g/mol. The summed E-state index contributed by atoms with van der Waals surface area (Å²) in [5, 5.41) is 0. The highest BCUT2D eigenvalue weighted by atomic mass is 16.5. The van der Waals surface area contributed by atoms with Crippen molar-refractivity contribution >= 4 is 5.97 Å². The van der Waals surface area contributed by atoms with Crippen LogP contribution in [0.1, 0.15) is 26.2 Å². The topological polar surface area (TPSA) is 26.3 Å². The van der Waals surface area contributed by atoms with E-state index in [1.54, 1.807) is 0 Å². The Morgan fingerprint density at radius 2 is 2.20 bits per heavy atom. The van der Waals surface area contributed by atoms with Crippen LogP contribution in [0.3, 0.4) is 0 Å². The fraction of sp³-hybridized carbons (Fsp3) is 0.875. The molecule has 0 heterocycles. The molecule has 0 unspecified atom stereocenters. The average Bonchev–Trinajstić information content (AvgIpc) is 2.34. The summed E-state index contributed by atoms with van der Waals surface area (Å²) in [4.78, 5) is 11.0. The first-order chi connectivity index (χ1) is 4.75. The molecule has 1 rings (SSSR count). The quantitative estimate of drug-likeness (QED) is 0.520. The molecule has 10 heavy (non-hydrogen) atoms. The minimum absolute atomic E-state index is 0.0231. The molecule has 0 bridgehead atoms. The molecular formula is C8H14O2. The third-order valence-electron chi connectivity index (χ3n) is 2.37. The van der Waals surface area contributed by atoms with Crippen molar-refractivity contribution in [3.8, 4) is 0 Å². The van der Waals surface area contributed by atoms with Crippen molar-refractivity contribution in [3.63, 3.8) is 0 Å². The van der Waals surface area contributed by atoms with E-state index < -0.39 is 0 Å². The number of esters is 1. The second-order valence-corrected chi connectivity index (χ2v) is 3.04. The van der Waals surface area contributed by atoms with E-state index in [0.29, 0.717) is 5.92 Å². The highest BCUT2D eigenvalue weighted by molar-refractivity contribution is 5.72. The molecule has 2 nitrogen and oxygen atoms in total. The molecule has 2 heteroatoms. The van der Waals surface area contributed by atoms with Gasteiger partial charge in [0.05, 0.1) is 13.0 Å². The van der Waals surface area contributed by atoms with Crippen molar-refractivity contribution in [1.29, 1.82) is 0 Å². The molecule has 1 aliphatic rings. The molecule has 58 valence electrons. The number of rotatable bonds is 1. The summed E-state index contributed by atoms with van der Waals surface area (Å²) in [6.45, 7) is 2.12. The van der Waals surface area contributed by atoms with Gasteiger partial charge >= 0.3 is 5.97 Å². The van der Waals surface area contributed by atoms with E-state index in [0.717, 1.165) is 6.42 Å². The lowest BCUT2D eigenvalue weighted by atomic mass is 9.99. The van der Waals surface area contributed by atoms with Gasteiger partial charge in [0.15, 0.2) is 0 Å². The molecule has 2 atom stereocenters. The van der Waals surface area contributed by atoms with Crippen molar-refractivity contribution in [2.75, 3.05) is 7.11 Å². The minimum atomic E-state index is -0.0231. The molecule has 1 fully saturated rings. The zero-order valence-electron chi connectivity index (χ0n) is 6.59. The van der Waals surface area contributed by atoms with Crippen molar-refractivity contribution in [2.24, 2.45) is 11.8 Å². The second kappa shape index (κ2) is 3.04. The summed E-state index contributed by atoms with van der Waals surface area (Å²) in [5.41, 5.74) is 0. The van der Waals surface area contributed by atoms with Crippen LogP contribution in [0.25, 0.3) is 0 Å². The molecule has 1 saturated carbocycles. The maximum atomic E-state index is 11.0. The van der Waals surface area contributed by atoms with Crippen molar-refractivity contribution in [2.45, 2.75) is 26.2 Å². The Labute approximate surface area is 61.6 Å². The Hall–Kier alpha value is -0.530. The first kappa shape index (κ1) is 7.58. The van der Waals surface area contributed by atoms with Gasteiger partial charge in [-0.1, -0.05) is 13.3 Å². The third kappa shape index (κ3) is 1.31. The molecule has 0 N–H and O–H groups in total. The maximum Gasteiger partial charge on any atom is 0.308 e. The van der Waals surface area contributed by atoms with E-state index in [9.17, 15) is 4.79 Å². The Kier molecular flexibility index (Phi) is 2.30. The van der Waals surface area contributed by atoms with Crippen molar-refractivity contribution in [1.82, 2.24) is 0 Å².